The van der Waals surface area contributed by atoms with Gasteiger partial charge in [-0.3, -0.25) is 0 Å². The van der Waals surface area contributed by atoms with Gasteiger partial charge in [0.05, 0.1) is 0 Å². The minimum Gasteiger partial charge on any atom is -0.413 e. The number of hydrogen-bond acceptors (Lipinski definition) is 4. The Balaban J connectivity index is 2.62. The molecule has 1 aromatic rings. The normalized spacial score (nSPS) is 12.2. The fraction of sp³-hybridized carbons (Fsp3) is 0.333. The summed E-state index contributed by atoms with van der Waals surface area (Å²) >= 11 is 5.00. The number of carbonyl (C=O) groups excluding carboxylic acids is 1. The van der Waals surface area contributed by atoms with Crippen LogP contribution in [0, 0.1) is 5.92 Å². The summed E-state index contributed by atoms with van der Waals surface area (Å²) in [6.07, 6.45) is 0. The van der Waals surface area contributed by atoms with Crippen LogP contribution >= 0.6 is 12.2 Å². The molecular formula is C12H15NO2S. The highest BCUT2D eigenvalue weighted by atomic mass is 32.1. The molecule has 0 heterocycles. The molecule has 0 aliphatic carbocycles. The summed E-state index contributed by atoms with van der Waals surface area (Å²) in [4.78, 5) is 11.5. The number of thiocarbonyl (C=S) groups is 1. The van der Waals surface area contributed by atoms with Crippen molar-refractivity contribution in [3.8, 4) is 0 Å². The molecule has 0 fully saturated rings. The van der Waals surface area contributed by atoms with E-state index in [-0.39, 0.29) is 11.0 Å². The van der Waals surface area contributed by atoms with Crippen LogP contribution in [-0.4, -0.2) is 17.1 Å². The number of nitrogens with two attached hydrogens (primary N) is 1. The third-order valence-corrected chi connectivity index (χ3v) is 2.51. The van der Waals surface area contributed by atoms with Gasteiger partial charge in [-0.25, -0.2) is 4.79 Å². The minimum absolute atomic E-state index is 0.0334. The van der Waals surface area contributed by atoms with Crippen molar-refractivity contribution in [2.45, 2.75) is 19.9 Å². The lowest BCUT2D eigenvalue weighted by molar-refractivity contribution is -0.137. The van der Waals surface area contributed by atoms with Crippen LogP contribution in [-0.2, 0) is 9.53 Å². The number of hydrogen-bond donors (Lipinski definition) is 1. The Morgan fingerprint density at radius 2 is 1.88 bits per heavy atom. The van der Waals surface area contributed by atoms with Crippen molar-refractivity contribution >= 4 is 23.2 Å². The first-order valence-corrected chi connectivity index (χ1v) is 5.50. The first-order chi connectivity index (χ1) is 7.52. The zero-order valence-electron chi connectivity index (χ0n) is 9.34. The lowest BCUT2D eigenvalue weighted by atomic mass is 10.1. The summed E-state index contributed by atoms with van der Waals surface area (Å²) in [6.45, 7) is 3.72. The monoisotopic (exact) mass is 237 g/mol. The van der Waals surface area contributed by atoms with Crippen LogP contribution in [0.25, 0.3) is 0 Å². The Bertz CT molecular complexity index is 376. The fourth-order valence-electron chi connectivity index (χ4n) is 1.06. The topological polar surface area (TPSA) is 52.3 Å². The van der Waals surface area contributed by atoms with E-state index >= 15 is 0 Å². The quantitative estimate of drug-likeness (QED) is 0.644. The molecule has 0 amide bonds. The maximum atomic E-state index is 11.5. The van der Waals surface area contributed by atoms with Crippen molar-refractivity contribution < 1.29 is 9.53 Å². The first-order valence-electron chi connectivity index (χ1n) is 5.09. The molecule has 0 bridgehead atoms. The van der Waals surface area contributed by atoms with E-state index in [4.69, 9.17) is 22.7 Å². The Morgan fingerprint density at radius 3 is 2.38 bits per heavy atom. The van der Waals surface area contributed by atoms with Crippen LogP contribution in [0.5, 0.6) is 0 Å². The van der Waals surface area contributed by atoms with Gasteiger partial charge in [-0.05, 0) is 18.1 Å². The molecule has 0 aliphatic rings. The van der Waals surface area contributed by atoms with Crippen LogP contribution < -0.4 is 5.73 Å². The predicted molar refractivity (Wildman–Crippen MR) is 67.0 cm³/mol. The summed E-state index contributed by atoms with van der Waals surface area (Å²) in [5.41, 5.74) is 6.36. The summed E-state index contributed by atoms with van der Waals surface area (Å²) in [5.74, 6) is -0.449. The second-order valence-electron chi connectivity index (χ2n) is 3.84. The Morgan fingerprint density at radius 1 is 1.31 bits per heavy atom. The summed E-state index contributed by atoms with van der Waals surface area (Å²) in [7, 11) is 0. The largest absolute Gasteiger partial charge is 0.413 e. The van der Waals surface area contributed by atoms with E-state index in [0.717, 1.165) is 0 Å². The second-order valence-corrected chi connectivity index (χ2v) is 4.22. The first kappa shape index (κ1) is 12.8. The third-order valence-electron chi connectivity index (χ3n) is 2.19. The standard InChI is InChI=1S/C12H15NO2S/c1-8(2)10(13)11(14)15-12(16)9-6-4-3-5-7-9/h3-8,10H,13H2,1-2H3. The van der Waals surface area contributed by atoms with Gasteiger partial charge >= 0.3 is 5.97 Å². The molecular weight excluding hydrogens is 222 g/mol. The van der Waals surface area contributed by atoms with E-state index in [1.54, 1.807) is 12.1 Å². The molecule has 4 heteroatoms. The Labute approximate surface area is 101 Å². The van der Waals surface area contributed by atoms with Crippen LogP contribution in [0.1, 0.15) is 19.4 Å². The lowest BCUT2D eigenvalue weighted by Crippen LogP contribution is -2.37. The van der Waals surface area contributed by atoms with E-state index in [2.05, 4.69) is 0 Å². The Kier molecular flexibility index (Phi) is 4.58. The van der Waals surface area contributed by atoms with Crippen molar-refractivity contribution in [1.29, 1.82) is 0 Å². The number of rotatable bonds is 3. The van der Waals surface area contributed by atoms with Gasteiger partial charge in [0.15, 0.2) is 0 Å². The van der Waals surface area contributed by atoms with Gasteiger partial charge in [0.25, 0.3) is 0 Å². The van der Waals surface area contributed by atoms with Crippen molar-refractivity contribution in [2.24, 2.45) is 11.7 Å². The summed E-state index contributed by atoms with van der Waals surface area (Å²) in [6, 6.07) is 8.47. The molecule has 1 aromatic carbocycles. The average molecular weight is 237 g/mol. The molecule has 1 unspecified atom stereocenters. The van der Waals surface area contributed by atoms with Gasteiger partial charge in [0.2, 0.25) is 5.05 Å². The average Bonchev–Trinajstić information content (AvgIpc) is 2.28. The SMILES string of the molecule is CC(C)C(N)C(=O)OC(=S)c1ccccc1. The van der Waals surface area contributed by atoms with Crippen molar-refractivity contribution in [3.63, 3.8) is 0 Å². The maximum absolute atomic E-state index is 11.5. The Hall–Kier alpha value is -1.26. The number of esters is 1. The van der Waals surface area contributed by atoms with Gasteiger partial charge in [-0.15, -0.1) is 0 Å². The van der Waals surface area contributed by atoms with Gasteiger partial charge in [-0.2, -0.15) is 0 Å². The third kappa shape index (κ3) is 3.40. The number of ether oxygens (including phenoxy) is 1. The smallest absolute Gasteiger partial charge is 0.329 e. The molecule has 0 aromatic heterocycles. The highest BCUT2D eigenvalue weighted by Crippen LogP contribution is 2.06. The van der Waals surface area contributed by atoms with Crippen LogP contribution in [0.2, 0.25) is 0 Å². The number of benzene rings is 1. The van der Waals surface area contributed by atoms with Crippen LogP contribution in [0.3, 0.4) is 0 Å². The molecule has 1 rings (SSSR count). The maximum Gasteiger partial charge on any atom is 0.329 e. The highest BCUT2D eigenvalue weighted by molar-refractivity contribution is 7.80. The van der Waals surface area contributed by atoms with Crippen LogP contribution in [0.15, 0.2) is 30.3 Å². The molecule has 0 radical (unpaired) electrons. The van der Waals surface area contributed by atoms with E-state index < -0.39 is 12.0 Å². The second kappa shape index (κ2) is 5.72. The molecule has 3 nitrogen and oxygen atoms in total. The molecule has 2 N–H and O–H groups in total. The van der Waals surface area contributed by atoms with Crippen molar-refractivity contribution in [1.82, 2.24) is 0 Å². The van der Waals surface area contributed by atoms with Gasteiger partial charge in [-0.1, -0.05) is 44.2 Å². The highest BCUT2D eigenvalue weighted by Gasteiger charge is 2.20. The van der Waals surface area contributed by atoms with Gasteiger partial charge in [0, 0.05) is 5.56 Å². The van der Waals surface area contributed by atoms with Crippen molar-refractivity contribution in [3.05, 3.63) is 35.9 Å². The summed E-state index contributed by atoms with van der Waals surface area (Å²) in [5, 5.41) is 0.168. The fourth-order valence-corrected chi connectivity index (χ4v) is 1.28. The van der Waals surface area contributed by atoms with Gasteiger partial charge in [0.1, 0.15) is 6.04 Å². The zero-order chi connectivity index (χ0) is 12.1. The molecule has 0 saturated heterocycles. The molecule has 0 spiro atoms. The van der Waals surface area contributed by atoms with Crippen molar-refractivity contribution in [2.75, 3.05) is 0 Å². The molecule has 86 valence electrons. The lowest BCUT2D eigenvalue weighted by Gasteiger charge is -2.14. The number of carbonyl (C=O) groups is 1. The van der Waals surface area contributed by atoms with Gasteiger partial charge < -0.3 is 10.5 Å². The minimum atomic E-state index is -0.637. The van der Waals surface area contributed by atoms with Crippen LogP contribution in [0.4, 0.5) is 0 Å². The zero-order valence-corrected chi connectivity index (χ0v) is 10.2. The van der Waals surface area contributed by atoms with E-state index in [9.17, 15) is 4.79 Å². The molecule has 16 heavy (non-hydrogen) atoms. The predicted octanol–water partition coefficient (Wildman–Crippen LogP) is 1.89. The molecule has 1 atom stereocenters. The molecule has 0 saturated carbocycles. The van der Waals surface area contributed by atoms with E-state index in [1.165, 1.54) is 0 Å². The summed E-state index contributed by atoms with van der Waals surface area (Å²) < 4.78 is 5.03. The van der Waals surface area contributed by atoms with E-state index in [0.29, 0.717) is 5.56 Å². The molecule has 0 aliphatic heterocycles. The van der Waals surface area contributed by atoms with E-state index in [1.807, 2.05) is 32.0 Å².